The van der Waals surface area contributed by atoms with Crippen LogP contribution >= 0.6 is 0 Å². The van der Waals surface area contributed by atoms with Gasteiger partial charge in [0.15, 0.2) is 11.7 Å². The quantitative estimate of drug-likeness (QED) is 0.525. The van der Waals surface area contributed by atoms with E-state index < -0.39 is 10.0 Å². The Morgan fingerprint density at radius 1 is 1.27 bits per heavy atom. The van der Waals surface area contributed by atoms with Crippen molar-refractivity contribution in [2.45, 2.75) is 19.9 Å². The van der Waals surface area contributed by atoms with Crippen LogP contribution in [0.5, 0.6) is 0 Å². The molecule has 1 saturated heterocycles. The van der Waals surface area contributed by atoms with Crippen LogP contribution in [0.3, 0.4) is 0 Å². The van der Waals surface area contributed by atoms with Crippen molar-refractivity contribution in [3.8, 4) is 0 Å². The molecule has 9 nitrogen and oxygen atoms in total. The molecule has 0 aromatic carbocycles. The zero-order valence-electron chi connectivity index (χ0n) is 15.4. The van der Waals surface area contributed by atoms with Gasteiger partial charge in [-0.3, -0.25) is 9.79 Å². The van der Waals surface area contributed by atoms with Crippen molar-refractivity contribution in [2.75, 3.05) is 45.5 Å². The maximum Gasteiger partial charge on any atom is 0.289 e. The van der Waals surface area contributed by atoms with Gasteiger partial charge < -0.3 is 19.5 Å². The van der Waals surface area contributed by atoms with E-state index in [0.29, 0.717) is 37.9 Å². The second kappa shape index (κ2) is 9.04. The van der Waals surface area contributed by atoms with Crippen LogP contribution < -0.4 is 10.0 Å². The Bertz CT molecular complexity index is 707. The van der Waals surface area contributed by atoms with Crippen LogP contribution in [-0.2, 0) is 10.0 Å². The Kier molecular flexibility index (Phi) is 7.04. The minimum atomic E-state index is -3.31. The van der Waals surface area contributed by atoms with E-state index in [-0.39, 0.29) is 24.2 Å². The van der Waals surface area contributed by atoms with E-state index in [0.717, 1.165) is 0 Å². The molecule has 1 amide bonds. The molecule has 0 bridgehead atoms. The number of aliphatic imine (C=N–C) groups is 1. The molecule has 0 atom stereocenters. The highest BCUT2D eigenvalue weighted by atomic mass is 32.2. The monoisotopic (exact) mass is 385 g/mol. The summed E-state index contributed by atoms with van der Waals surface area (Å²) >= 11 is 0. The van der Waals surface area contributed by atoms with Gasteiger partial charge in [-0.05, 0) is 26.0 Å². The summed E-state index contributed by atoms with van der Waals surface area (Å²) in [4.78, 5) is 20.2. The van der Waals surface area contributed by atoms with Crippen molar-refractivity contribution in [1.82, 2.24) is 19.8 Å². The molecular formula is C16H27N5O4S. The van der Waals surface area contributed by atoms with Crippen molar-refractivity contribution in [2.24, 2.45) is 4.99 Å². The fraction of sp³-hybridized carbons (Fsp3) is 0.625. The summed E-state index contributed by atoms with van der Waals surface area (Å²) in [6, 6.07) is 3.22. The predicted molar refractivity (Wildman–Crippen MR) is 99.6 cm³/mol. The van der Waals surface area contributed by atoms with Gasteiger partial charge in [0.05, 0.1) is 12.0 Å². The summed E-state index contributed by atoms with van der Waals surface area (Å²) < 4.78 is 31.4. The fourth-order valence-electron chi connectivity index (χ4n) is 2.72. The molecule has 10 heteroatoms. The number of furan rings is 1. The van der Waals surface area contributed by atoms with Crippen LogP contribution in [0.1, 0.15) is 24.4 Å². The van der Waals surface area contributed by atoms with E-state index in [1.807, 2.05) is 4.90 Å². The fourth-order valence-corrected chi connectivity index (χ4v) is 3.93. The molecule has 0 saturated carbocycles. The predicted octanol–water partition coefficient (Wildman–Crippen LogP) is -0.0594. The maximum absolute atomic E-state index is 12.3. The minimum absolute atomic E-state index is 0.0266. The summed E-state index contributed by atoms with van der Waals surface area (Å²) in [6.45, 7) is 6.16. The van der Waals surface area contributed by atoms with Gasteiger partial charge in [0.2, 0.25) is 10.0 Å². The minimum Gasteiger partial charge on any atom is -0.459 e. The number of guanidine groups is 1. The third-order valence-electron chi connectivity index (χ3n) is 3.88. The number of piperazine rings is 1. The highest BCUT2D eigenvalue weighted by Crippen LogP contribution is 2.09. The second-order valence-electron chi connectivity index (χ2n) is 6.32. The molecule has 1 aromatic heterocycles. The topological polar surface area (TPSA) is 107 Å². The van der Waals surface area contributed by atoms with Gasteiger partial charge in [-0.15, -0.1) is 0 Å². The smallest absolute Gasteiger partial charge is 0.289 e. The summed E-state index contributed by atoms with van der Waals surface area (Å²) in [5.74, 6) is 0.823. The molecule has 0 radical (unpaired) electrons. The third-order valence-corrected chi connectivity index (χ3v) is 5.45. The zero-order chi connectivity index (χ0) is 19.2. The van der Waals surface area contributed by atoms with Crippen LogP contribution in [0.4, 0.5) is 0 Å². The van der Waals surface area contributed by atoms with Crippen molar-refractivity contribution >= 4 is 21.9 Å². The van der Waals surface area contributed by atoms with Crippen molar-refractivity contribution < 1.29 is 17.6 Å². The van der Waals surface area contributed by atoms with Crippen LogP contribution in [-0.4, -0.2) is 81.7 Å². The van der Waals surface area contributed by atoms with Gasteiger partial charge in [-0.1, -0.05) is 0 Å². The molecule has 2 N–H and O–H groups in total. The first-order valence-corrected chi connectivity index (χ1v) is 10.3. The van der Waals surface area contributed by atoms with Gasteiger partial charge in [0.25, 0.3) is 5.91 Å². The molecule has 2 rings (SSSR count). The summed E-state index contributed by atoms with van der Waals surface area (Å²) in [5.41, 5.74) is 0. The SMILES string of the molecule is CN=C(NCCS(=O)(=O)NC(C)C)N1CCN(C(=O)c2ccco2)CC1. The third kappa shape index (κ3) is 5.73. The van der Waals surface area contributed by atoms with E-state index in [1.54, 1.807) is 37.9 Å². The standard InChI is InChI=1S/C16H27N5O4S/c1-13(2)19-26(23,24)12-6-18-16(17-3)21-9-7-20(8-10-21)15(22)14-5-4-11-25-14/h4-5,11,13,19H,6-10,12H2,1-3H3,(H,17,18). The average molecular weight is 385 g/mol. The molecule has 146 valence electrons. The maximum atomic E-state index is 12.3. The van der Waals surface area contributed by atoms with E-state index in [1.165, 1.54) is 6.26 Å². The van der Waals surface area contributed by atoms with E-state index in [4.69, 9.17) is 4.42 Å². The number of sulfonamides is 1. The Balaban J connectivity index is 1.80. The number of carbonyl (C=O) groups is 1. The zero-order valence-corrected chi connectivity index (χ0v) is 16.3. The number of nitrogens with one attached hydrogen (secondary N) is 2. The van der Waals surface area contributed by atoms with E-state index >= 15 is 0 Å². The summed E-state index contributed by atoms with van der Waals surface area (Å²) in [5, 5.41) is 3.07. The molecule has 1 aromatic rings. The average Bonchev–Trinajstić information content (AvgIpc) is 3.12. The van der Waals surface area contributed by atoms with Crippen molar-refractivity contribution in [3.63, 3.8) is 0 Å². The number of hydrogen-bond donors (Lipinski definition) is 2. The molecule has 1 fully saturated rings. The van der Waals surface area contributed by atoms with Crippen LogP contribution in [0.15, 0.2) is 27.8 Å². The van der Waals surface area contributed by atoms with Gasteiger partial charge in [-0.25, -0.2) is 13.1 Å². The van der Waals surface area contributed by atoms with Crippen LogP contribution in [0.2, 0.25) is 0 Å². The highest BCUT2D eigenvalue weighted by Gasteiger charge is 2.25. The van der Waals surface area contributed by atoms with Gasteiger partial charge in [-0.2, -0.15) is 0 Å². The molecule has 2 heterocycles. The van der Waals surface area contributed by atoms with Crippen molar-refractivity contribution in [3.05, 3.63) is 24.2 Å². The highest BCUT2D eigenvalue weighted by molar-refractivity contribution is 7.89. The largest absolute Gasteiger partial charge is 0.459 e. The first-order chi connectivity index (χ1) is 12.3. The number of rotatable bonds is 6. The molecule has 0 aliphatic carbocycles. The lowest BCUT2D eigenvalue weighted by molar-refractivity contribution is 0.0658. The first-order valence-electron chi connectivity index (χ1n) is 8.61. The van der Waals surface area contributed by atoms with Gasteiger partial charge >= 0.3 is 0 Å². The number of hydrogen-bond acceptors (Lipinski definition) is 5. The number of carbonyl (C=O) groups excluding carboxylic acids is 1. The lowest BCUT2D eigenvalue weighted by atomic mass is 10.3. The molecular weight excluding hydrogens is 358 g/mol. The Morgan fingerprint density at radius 2 is 1.92 bits per heavy atom. The lowest BCUT2D eigenvalue weighted by Gasteiger charge is -2.36. The van der Waals surface area contributed by atoms with Crippen molar-refractivity contribution in [1.29, 1.82) is 0 Å². The molecule has 26 heavy (non-hydrogen) atoms. The molecule has 1 aliphatic heterocycles. The summed E-state index contributed by atoms with van der Waals surface area (Å²) in [7, 11) is -1.65. The molecule has 0 unspecified atom stereocenters. The molecule has 0 spiro atoms. The summed E-state index contributed by atoms with van der Waals surface area (Å²) in [6.07, 6.45) is 1.48. The number of nitrogens with zero attached hydrogens (tertiary/aromatic N) is 3. The first kappa shape index (κ1) is 20.2. The molecule has 1 aliphatic rings. The second-order valence-corrected chi connectivity index (χ2v) is 8.20. The Morgan fingerprint density at radius 3 is 2.46 bits per heavy atom. The Labute approximate surface area is 154 Å². The lowest BCUT2D eigenvalue weighted by Crippen LogP contribution is -2.54. The van der Waals surface area contributed by atoms with Crippen LogP contribution in [0, 0.1) is 0 Å². The Hall–Kier alpha value is -2.07. The van der Waals surface area contributed by atoms with E-state index in [9.17, 15) is 13.2 Å². The van der Waals surface area contributed by atoms with Crippen LogP contribution in [0.25, 0.3) is 0 Å². The van der Waals surface area contributed by atoms with Gasteiger partial charge in [0, 0.05) is 45.8 Å². The van der Waals surface area contributed by atoms with Gasteiger partial charge in [0.1, 0.15) is 0 Å². The number of amides is 1. The normalized spacial score (nSPS) is 16.2. The van der Waals surface area contributed by atoms with E-state index in [2.05, 4.69) is 15.0 Å².